The predicted molar refractivity (Wildman–Crippen MR) is 64.5 cm³/mol. The molecule has 0 aromatic rings. The molecular weight excluding hydrogens is 220 g/mol. The highest BCUT2D eigenvalue weighted by Gasteiger charge is 2.29. The van der Waals surface area contributed by atoms with Gasteiger partial charge in [-0.1, -0.05) is 0 Å². The molecule has 0 saturated carbocycles. The van der Waals surface area contributed by atoms with Crippen LogP contribution in [0.5, 0.6) is 0 Å². The highest BCUT2D eigenvalue weighted by Crippen LogP contribution is 2.21. The van der Waals surface area contributed by atoms with Gasteiger partial charge in [-0.2, -0.15) is 0 Å². The zero-order chi connectivity index (χ0) is 12.8. The van der Waals surface area contributed by atoms with Crippen LogP contribution in [-0.4, -0.2) is 40.5 Å². The number of carbonyl (C=O) groups excluding carboxylic acids is 1. The van der Waals surface area contributed by atoms with E-state index in [0.29, 0.717) is 13.0 Å². The van der Waals surface area contributed by atoms with Gasteiger partial charge in [0, 0.05) is 25.0 Å². The van der Waals surface area contributed by atoms with E-state index in [1.165, 1.54) is 0 Å². The molecule has 1 aliphatic rings. The van der Waals surface area contributed by atoms with E-state index in [1.54, 1.807) is 4.90 Å². The molecule has 0 bridgehead atoms. The van der Waals surface area contributed by atoms with Crippen molar-refractivity contribution in [3.8, 4) is 0 Å². The van der Waals surface area contributed by atoms with Gasteiger partial charge in [0.15, 0.2) is 0 Å². The van der Waals surface area contributed by atoms with Crippen molar-refractivity contribution in [3.63, 3.8) is 0 Å². The van der Waals surface area contributed by atoms with Gasteiger partial charge in [0.25, 0.3) is 0 Å². The monoisotopic (exact) mass is 242 g/mol. The van der Waals surface area contributed by atoms with Crippen molar-refractivity contribution in [2.45, 2.75) is 57.5 Å². The lowest BCUT2D eigenvalue weighted by Crippen LogP contribution is -2.36. The first-order chi connectivity index (χ1) is 8.00. The van der Waals surface area contributed by atoms with Crippen LogP contribution in [0.15, 0.2) is 0 Å². The second-order valence-electron chi connectivity index (χ2n) is 4.85. The summed E-state index contributed by atoms with van der Waals surface area (Å²) in [5.74, 6) is -0.750. The van der Waals surface area contributed by atoms with Gasteiger partial charge in [0.2, 0.25) is 5.91 Å². The largest absolute Gasteiger partial charge is 0.481 e. The molecule has 2 unspecified atom stereocenters. The third kappa shape index (κ3) is 4.73. The standard InChI is InChI=1S/C12H22N2O3/c1-9(13)4-2-6-11(15)14-7-3-5-10(14)8-12(16)17/h9-10H,2-8,13H2,1H3,(H,16,17). The van der Waals surface area contributed by atoms with E-state index in [1.807, 2.05) is 6.92 Å². The molecule has 1 amide bonds. The Kier molecular flexibility index (Phi) is 5.41. The van der Waals surface area contributed by atoms with E-state index in [4.69, 9.17) is 10.8 Å². The zero-order valence-corrected chi connectivity index (χ0v) is 10.4. The molecule has 5 heteroatoms. The molecular formula is C12H22N2O3. The van der Waals surface area contributed by atoms with E-state index in [-0.39, 0.29) is 24.4 Å². The fourth-order valence-electron chi connectivity index (χ4n) is 2.30. The third-order valence-electron chi connectivity index (χ3n) is 3.16. The molecule has 17 heavy (non-hydrogen) atoms. The summed E-state index contributed by atoms with van der Waals surface area (Å²) in [6.07, 6.45) is 3.90. The van der Waals surface area contributed by atoms with Crippen LogP contribution < -0.4 is 5.73 Å². The summed E-state index contributed by atoms with van der Waals surface area (Å²) in [5, 5.41) is 8.77. The Balaban J connectivity index is 2.36. The number of carboxylic acids is 1. The number of hydrogen-bond acceptors (Lipinski definition) is 3. The summed E-state index contributed by atoms with van der Waals surface area (Å²) >= 11 is 0. The smallest absolute Gasteiger partial charge is 0.305 e. The Bertz CT molecular complexity index is 279. The first-order valence-corrected chi connectivity index (χ1v) is 6.27. The average Bonchev–Trinajstić information content (AvgIpc) is 2.64. The topological polar surface area (TPSA) is 83.6 Å². The molecule has 1 saturated heterocycles. The number of amides is 1. The number of hydrogen-bond donors (Lipinski definition) is 2. The van der Waals surface area contributed by atoms with Gasteiger partial charge in [-0.25, -0.2) is 0 Å². The van der Waals surface area contributed by atoms with Gasteiger partial charge in [-0.15, -0.1) is 0 Å². The number of carboxylic acid groups (broad SMARTS) is 1. The van der Waals surface area contributed by atoms with Gasteiger partial charge in [-0.3, -0.25) is 9.59 Å². The summed E-state index contributed by atoms with van der Waals surface area (Å²) in [5.41, 5.74) is 5.62. The van der Waals surface area contributed by atoms with Crippen LogP contribution in [0, 0.1) is 0 Å². The molecule has 0 aromatic heterocycles. The molecule has 0 spiro atoms. The summed E-state index contributed by atoms with van der Waals surface area (Å²) in [6, 6.07) is 0.0199. The Morgan fingerprint density at radius 3 is 2.82 bits per heavy atom. The lowest BCUT2D eigenvalue weighted by Gasteiger charge is -2.23. The van der Waals surface area contributed by atoms with Crippen molar-refractivity contribution in [1.29, 1.82) is 0 Å². The highest BCUT2D eigenvalue weighted by atomic mass is 16.4. The fraction of sp³-hybridized carbons (Fsp3) is 0.833. The Morgan fingerprint density at radius 2 is 2.24 bits per heavy atom. The number of nitrogens with two attached hydrogens (primary N) is 1. The van der Waals surface area contributed by atoms with Gasteiger partial charge in [-0.05, 0) is 32.6 Å². The minimum absolute atomic E-state index is 0.0685. The van der Waals surface area contributed by atoms with E-state index in [9.17, 15) is 9.59 Å². The molecule has 1 rings (SSSR count). The lowest BCUT2D eigenvalue weighted by atomic mass is 10.1. The Morgan fingerprint density at radius 1 is 1.53 bits per heavy atom. The molecule has 1 heterocycles. The first-order valence-electron chi connectivity index (χ1n) is 6.27. The van der Waals surface area contributed by atoms with Crippen molar-refractivity contribution in [3.05, 3.63) is 0 Å². The third-order valence-corrected chi connectivity index (χ3v) is 3.16. The molecule has 0 aromatic carbocycles. The van der Waals surface area contributed by atoms with Crippen LogP contribution in [0.4, 0.5) is 0 Å². The van der Waals surface area contributed by atoms with Crippen LogP contribution in [0.1, 0.15) is 45.4 Å². The second kappa shape index (κ2) is 6.59. The molecule has 5 nitrogen and oxygen atoms in total. The maximum Gasteiger partial charge on any atom is 0.305 e. The summed E-state index contributed by atoms with van der Waals surface area (Å²) in [7, 11) is 0. The molecule has 0 radical (unpaired) electrons. The van der Waals surface area contributed by atoms with Gasteiger partial charge < -0.3 is 15.7 Å². The molecule has 1 aliphatic heterocycles. The van der Waals surface area contributed by atoms with Gasteiger partial charge in [0.05, 0.1) is 6.42 Å². The van der Waals surface area contributed by atoms with Crippen molar-refractivity contribution in [1.82, 2.24) is 4.90 Å². The highest BCUT2D eigenvalue weighted by molar-refractivity contribution is 5.78. The first kappa shape index (κ1) is 14.0. The summed E-state index contributed by atoms with van der Waals surface area (Å²) < 4.78 is 0. The van der Waals surface area contributed by atoms with Crippen molar-refractivity contribution < 1.29 is 14.7 Å². The molecule has 3 N–H and O–H groups in total. The van der Waals surface area contributed by atoms with Crippen LogP contribution in [0.2, 0.25) is 0 Å². The zero-order valence-electron chi connectivity index (χ0n) is 10.4. The predicted octanol–water partition coefficient (Wildman–Crippen LogP) is 0.970. The molecule has 0 aliphatic carbocycles. The van der Waals surface area contributed by atoms with Crippen LogP contribution in [0.25, 0.3) is 0 Å². The maximum atomic E-state index is 11.9. The number of nitrogens with zero attached hydrogens (tertiary/aromatic N) is 1. The van der Waals surface area contributed by atoms with Crippen LogP contribution in [0.3, 0.4) is 0 Å². The van der Waals surface area contributed by atoms with Gasteiger partial charge >= 0.3 is 5.97 Å². The molecule has 1 fully saturated rings. The van der Waals surface area contributed by atoms with Crippen molar-refractivity contribution in [2.24, 2.45) is 5.73 Å². The lowest BCUT2D eigenvalue weighted by molar-refractivity contribution is -0.139. The summed E-state index contributed by atoms with van der Waals surface area (Å²) in [6.45, 7) is 2.63. The Labute approximate surface area is 102 Å². The second-order valence-corrected chi connectivity index (χ2v) is 4.85. The maximum absolute atomic E-state index is 11.9. The van der Waals surface area contributed by atoms with Crippen LogP contribution in [-0.2, 0) is 9.59 Å². The SMILES string of the molecule is CC(N)CCCC(=O)N1CCCC1CC(=O)O. The Hall–Kier alpha value is -1.10. The van der Waals surface area contributed by atoms with Crippen LogP contribution >= 0.6 is 0 Å². The fourth-order valence-corrected chi connectivity index (χ4v) is 2.30. The van der Waals surface area contributed by atoms with Crippen molar-refractivity contribution >= 4 is 11.9 Å². The molecule has 2 atom stereocenters. The normalized spacial score (nSPS) is 21.5. The molecule has 98 valence electrons. The minimum atomic E-state index is -0.828. The van der Waals surface area contributed by atoms with E-state index in [2.05, 4.69) is 0 Å². The number of rotatable bonds is 6. The van der Waals surface area contributed by atoms with Gasteiger partial charge in [0.1, 0.15) is 0 Å². The number of likely N-dealkylation sites (tertiary alicyclic amines) is 1. The quantitative estimate of drug-likeness (QED) is 0.727. The minimum Gasteiger partial charge on any atom is -0.481 e. The number of aliphatic carboxylic acids is 1. The summed E-state index contributed by atoms with van der Waals surface area (Å²) in [4.78, 5) is 24.3. The van der Waals surface area contributed by atoms with E-state index >= 15 is 0 Å². The van der Waals surface area contributed by atoms with E-state index in [0.717, 1.165) is 25.7 Å². The average molecular weight is 242 g/mol. The van der Waals surface area contributed by atoms with E-state index < -0.39 is 5.97 Å². The number of carbonyl (C=O) groups is 2. The van der Waals surface area contributed by atoms with Crippen molar-refractivity contribution in [2.75, 3.05) is 6.54 Å².